The summed E-state index contributed by atoms with van der Waals surface area (Å²) < 4.78 is 2.60. The highest BCUT2D eigenvalue weighted by molar-refractivity contribution is 9.10. The fourth-order valence-corrected chi connectivity index (χ4v) is 3.49. The standard InChI is InChI=1S/C22H16BrClN4O/c1-14-13-16(23)7-12-19(14)25-22(29)20-26-21(15-5-3-2-4-6-15)28(27-20)18-10-8-17(24)9-11-18/h2-13H,1H3,(H,25,29). The summed E-state index contributed by atoms with van der Waals surface area (Å²) in [6.45, 7) is 1.93. The molecule has 7 heteroatoms. The molecule has 0 saturated heterocycles. The fraction of sp³-hybridized carbons (Fsp3) is 0.0455. The van der Waals surface area contributed by atoms with Gasteiger partial charge >= 0.3 is 0 Å². The third-order valence-electron chi connectivity index (χ3n) is 4.35. The van der Waals surface area contributed by atoms with E-state index in [4.69, 9.17) is 11.6 Å². The van der Waals surface area contributed by atoms with Gasteiger partial charge in [-0.2, -0.15) is 0 Å². The second kappa shape index (κ2) is 8.19. The first kappa shape index (κ1) is 19.4. The van der Waals surface area contributed by atoms with E-state index in [0.29, 0.717) is 16.5 Å². The van der Waals surface area contributed by atoms with E-state index in [2.05, 4.69) is 31.3 Å². The Kier molecular flexibility index (Phi) is 5.47. The largest absolute Gasteiger partial charge is 0.319 e. The highest BCUT2D eigenvalue weighted by atomic mass is 79.9. The zero-order valence-electron chi connectivity index (χ0n) is 15.4. The number of nitrogens with zero attached hydrogens (tertiary/aromatic N) is 3. The number of carbonyl (C=O) groups excluding carboxylic acids is 1. The monoisotopic (exact) mass is 466 g/mol. The molecule has 0 radical (unpaired) electrons. The van der Waals surface area contributed by atoms with E-state index in [9.17, 15) is 4.79 Å². The molecule has 0 aliphatic rings. The molecule has 0 aliphatic heterocycles. The first-order valence-electron chi connectivity index (χ1n) is 8.87. The Morgan fingerprint density at radius 1 is 1.03 bits per heavy atom. The smallest absolute Gasteiger partial charge is 0.295 e. The number of aryl methyl sites for hydroxylation is 1. The lowest BCUT2D eigenvalue weighted by Crippen LogP contribution is -2.15. The summed E-state index contributed by atoms with van der Waals surface area (Å²) in [6, 6.07) is 22.5. The molecule has 5 nitrogen and oxygen atoms in total. The van der Waals surface area contributed by atoms with Crippen LogP contribution in [0.25, 0.3) is 17.1 Å². The zero-order chi connectivity index (χ0) is 20.4. The van der Waals surface area contributed by atoms with Crippen molar-refractivity contribution in [3.8, 4) is 17.1 Å². The maximum Gasteiger partial charge on any atom is 0.295 e. The van der Waals surface area contributed by atoms with E-state index in [0.717, 1.165) is 21.3 Å². The second-order valence-electron chi connectivity index (χ2n) is 6.43. The van der Waals surface area contributed by atoms with E-state index in [1.165, 1.54) is 0 Å². The van der Waals surface area contributed by atoms with Gasteiger partial charge in [0.1, 0.15) is 0 Å². The molecule has 29 heavy (non-hydrogen) atoms. The van der Waals surface area contributed by atoms with Crippen LogP contribution in [0.4, 0.5) is 5.69 Å². The Labute approximate surface area is 181 Å². The average Bonchev–Trinajstić information content (AvgIpc) is 3.17. The van der Waals surface area contributed by atoms with Gasteiger partial charge in [0.2, 0.25) is 5.82 Å². The number of carbonyl (C=O) groups is 1. The molecule has 0 unspecified atom stereocenters. The van der Waals surface area contributed by atoms with Gasteiger partial charge in [0, 0.05) is 20.7 Å². The molecule has 1 aromatic heterocycles. The van der Waals surface area contributed by atoms with Crippen molar-refractivity contribution in [3.63, 3.8) is 0 Å². The molecule has 0 saturated carbocycles. The van der Waals surface area contributed by atoms with E-state index < -0.39 is 0 Å². The quantitative estimate of drug-likeness (QED) is 0.406. The maximum atomic E-state index is 12.9. The summed E-state index contributed by atoms with van der Waals surface area (Å²) in [5.41, 5.74) is 3.27. The lowest BCUT2D eigenvalue weighted by molar-refractivity contribution is 0.101. The van der Waals surface area contributed by atoms with Gasteiger partial charge in [-0.25, -0.2) is 9.67 Å². The number of aromatic nitrogens is 3. The Morgan fingerprint density at radius 2 is 1.76 bits per heavy atom. The summed E-state index contributed by atoms with van der Waals surface area (Å²) in [5, 5.41) is 7.98. The minimum absolute atomic E-state index is 0.0844. The Morgan fingerprint density at radius 3 is 2.45 bits per heavy atom. The topological polar surface area (TPSA) is 59.8 Å². The predicted octanol–water partition coefficient (Wildman–Crippen LogP) is 5.91. The molecule has 0 atom stereocenters. The lowest BCUT2D eigenvalue weighted by atomic mass is 10.2. The number of hydrogen-bond acceptors (Lipinski definition) is 3. The summed E-state index contributed by atoms with van der Waals surface area (Å²) in [5.74, 6) is 0.284. The molecule has 144 valence electrons. The molecule has 0 aliphatic carbocycles. The normalized spacial score (nSPS) is 10.7. The summed E-state index contributed by atoms with van der Waals surface area (Å²) in [4.78, 5) is 17.4. The highest BCUT2D eigenvalue weighted by Crippen LogP contribution is 2.24. The van der Waals surface area contributed by atoms with Crippen LogP contribution in [0, 0.1) is 6.92 Å². The highest BCUT2D eigenvalue weighted by Gasteiger charge is 2.19. The van der Waals surface area contributed by atoms with Gasteiger partial charge in [-0.05, 0) is 55.0 Å². The summed E-state index contributed by atoms with van der Waals surface area (Å²) in [6.07, 6.45) is 0. The lowest BCUT2D eigenvalue weighted by Gasteiger charge is -2.06. The van der Waals surface area contributed by atoms with Crippen LogP contribution in [0.1, 0.15) is 16.2 Å². The first-order valence-corrected chi connectivity index (χ1v) is 10.0. The van der Waals surface area contributed by atoms with Crippen molar-refractivity contribution in [2.45, 2.75) is 6.92 Å². The fourth-order valence-electron chi connectivity index (χ4n) is 2.89. The number of halogens is 2. The van der Waals surface area contributed by atoms with E-state index in [-0.39, 0.29) is 11.7 Å². The second-order valence-corrected chi connectivity index (χ2v) is 7.78. The minimum Gasteiger partial charge on any atom is -0.319 e. The molecule has 0 bridgehead atoms. The Bertz CT molecular complexity index is 1170. The molecule has 1 heterocycles. The van der Waals surface area contributed by atoms with E-state index >= 15 is 0 Å². The summed E-state index contributed by atoms with van der Waals surface area (Å²) >= 11 is 9.44. The van der Waals surface area contributed by atoms with Gasteiger partial charge in [0.15, 0.2) is 5.82 Å². The van der Waals surface area contributed by atoms with Gasteiger partial charge in [-0.15, -0.1) is 5.10 Å². The van der Waals surface area contributed by atoms with Crippen LogP contribution in [-0.4, -0.2) is 20.7 Å². The molecule has 0 fully saturated rings. The van der Waals surface area contributed by atoms with Crippen LogP contribution in [0.2, 0.25) is 5.02 Å². The number of rotatable bonds is 4. The SMILES string of the molecule is Cc1cc(Br)ccc1NC(=O)c1nc(-c2ccccc2)n(-c2ccc(Cl)cc2)n1. The van der Waals surface area contributed by atoms with Gasteiger partial charge in [-0.1, -0.05) is 57.9 Å². The third-order valence-corrected chi connectivity index (χ3v) is 5.10. The van der Waals surface area contributed by atoms with Crippen LogP contribution in [0.15, 0.2) is 77.3 Å². The van der Waals surface area contributed by atoms with Crippen LogP contribution in [-0.2, 0) is 0 Å². The van der Waals surface area contributed by atoms with Crippen molar-refractivity contribution >= 4 is 39.1 Å². The number of benzene rings is 3. The van der Waals surface area contributed by atoms with Crippen molar-refractivity contribution in [1.82, 2.24) is 14.8 Å². The van der Waals surface area contributed by atoms with Crippen LogP contribution < -0.4 is 5.32 Å². The number of anilines is 1. The zero-order valence-corrected chi connectivity index (χ0v) is 17.8. The first-order chi connectivity index (χ1) is 14.0. The van der Waals surface area contributed by atoms with E-state index in [1.807, 2.05) is 67.6 Å². The van der Waals surface area contributed by atoms with Crippen molar-refractivity contribution in [2.75, 3.05) is 5.32 Å². The van der Waals surface area contributed by atoms with Crippen LogP contribution >= 0.6 is 27.5 Å². The molecule has 0 spiro atoms. The number of amides is 1. The third kappa shape index (κ3) is 4.23. The van der Waals surface area contributed by atoms with Crippen LogP contribution in [0.3, 0.4) is 0 Å². The van der Waals surface area contributed by atoms with Gasteiger partial charge in [0.25, 0.3) is 5.91 Å². The van der Waals surface area contributed by atoms with Crippen molar-refractivity contribution in [3.05, 3.63) is 93.7 Å². The van der Waals surface area contributed by atoms with Crippen LogP contribution in [0.5, 0.6) is 0 Å². The van der Waals surface area contributed by atoms with Gasteiger partial charge < -0.3 is 5.32 Å². The molecule has 3 aromatic carbocycles. The molecule has 4 aromatic rings. The molecule has 4 rings (SSSR count). The average molecular weight is 468 g/mol. The molecule has 1 amide bonds. The Hall–Kier alpha value is -2.96. The summed E-state index contributed by atoms with van der Waals surface area (Å²) in [7, 11) is 0. The molecule has 1 N–H and O–H groups in total. The van der Waals surface area contributed by atoms with Gasteiger partial charge in [0.05, 0.1) is 5.69 Å². The minimum atomic E-state index is -0.375. The van der Waals surface area contributed by atoms with E-state index in [1.54, 1.807) is 16.8 Å². The van der Waals surface area contributed by atoms with Crippen molar-refractivity contribution in [1.29, 1.82) is 0 Å². The van der Waals surface area contributed by atoms with Gasteiger partial charge in [-0.3, -0.25) is 4.79 Å². The number of hydrogen-bond donors (Lipinski definition) is 1. The number of nitrogens with one attached hydrogen (secondary N) is 1. The Balaban J connectivity index is 1.74. The molecular formula is C22H16BrClN4O. The predicted molar refractivity (Wildman–Crippen MR) is 119 cm³/mol. The molecular weight excluding hydrogens is 452 g/mol. The van der Waals surface area contributed by atoms with Crippen molar-refractivity contribution in [2.24, 2.45) is 0 Å². The van der Waals surface area contributed by atoms with Crippen molar-refractivity contribution < 1.29 is 4.79 Å². The maximum absolute atomic E-state index is 12.9.